The van der Waals surface area contributed by atoms with Gasteiger partial charge in [0.15, 0.2) is 5.65 Å². The number of hydrogen-bond donors (Lipinski definition) is 0. The predicted molar refractivity (Wildman–Crippen MR) is 141 cm³/mol. The van der Waals surface area contributed by atoms with E-state index in [0.29, 0.717) is 26.1 Å². The maximum Gasteiger partial charge on any atom is 0.227 e. The van der Waals surface area contributed by atoms with E-state index in [1.807, 2.05) is 47.4 Å². The predicted octanol–water partition coefficient (Wildman–Crippen LogP) is 4.29. The molecule has 1 aliphatic rings. The Labute approximate surface area is 214 Å². The molecule has 0 saturated carbocycles. The van der Waals surface area contributed by atoms with E-state index in [4.69, 9.17) is 4.98 Å². The van der Waals surface area contributed by atoms with Gasteiger partial charge in [0.2, 0.25) is 11.9 Å². The van der Waals surface area contributed by atoms with Crippen LogP contribution in [0.1, 0.15) is 23.9 Å². The highest BCUT2D eigenvalue weighted by molar-refractivity contribution is 5.92. The van der Waals surface area contributed by atoms with Crippen LogP contribution in [0.2, 0.25) is 0 Å². The highest BCUT2D eigenvalue weighted by Gasteiger charge is 2.30. The minimum absolute atomic E-state index is 0.0147. The third-order valence-electron chi connectivity index (χ3n) is 7.00. The Balaban J connectivity index is 1.31. The summed E-state index contributed by atoms with van der Waals surface area (Å²) in [5, 5.41) is 10.1. The lowest BCUT2D eigenvalue weighted by molar-refractivity contribution is -0.132. The number of fused-ring (bicyclic) bond motifs is 3. The molecule has 1 aliphatic heterocycles. The zero-order valence-corrected chi connectivity index (χ0v) is 20.6. The van der Waals surface area contributed by atoms with Crippen LogP contribution in [0.4, 0.5) is 10.3 Å². The van der Waals surface area contributed by atoms with E-state index in [1.165, 1.54) is 12.1 Å². The summed E-state index contributed by atoms with van der Waals surface area (Å²) in [7, 11) is 0. The van der Waals surface area contributed by atoms with Gasteiger partial charge in [-0.1, -0.05) is 54.6 Å². The molecule has 7 nitrogen and oxygen atoms in total. The molecule has 0 bridgehead atoms. The fourth-order valence-electron chi connectivity index (χ4n) is 5.11. The molecule has 37 heavy (non-hydrogen) atoms. The molecule has 1 atom stereocenters. The van der Waals surface area contributed by atoms with Crippen LogP contribution < -0.4 is 4.90 Å². The molecule has 2 aromatic heterocycles. The first kappa shape index (κ1) is 23.1. The van der Waals surface area contributed by atoms with E-state index >= 15 is 0 Å². The Bertz CT molecular complexity index is 1570. The molecule has 6 rings (SSSR count). The fraction of sp³-hybridized carbons (Fsp3) is 0.241. The first-order valence-corrected chi connectivity index (χ1v) is 12.5. The Morgan fingerprint density at radius 3 is 2.46 bits per heavy atom. The van der Waals surface area contributed by atoms with Crippen molar-refractivity contribution in [3.8, 4) is 0 Å². The van der Waals surface area contributed by atoms with Gasteiger partial charge >= 0.3 is 0 Å². The standard InChI is InChI=1S/C29H27FN6O/c1-20-19-34(15-16-35(20)27(37)18-22-11-13-23(30)14-12-22)29-31-25-10-6-5-9-24(25)28-33-32-26(36(28)29)17-21-7-3-2-4-8-21/h2-14,20H,15-19H2,1H3/t20-/m0/s1. The molecule has 3 aromatic carbocycles. The van der Waals surface area contributed by atoms with Gasteiger partial charge in [-0.25, -0.2) is 13.8 Å². The summed E-state index contributed by atoms with van der Waals surface area (Å²) in [4.78, 5) is 22.3. The van der Waals surface area contributed by atoms with Gasteiger partial charge in [0.05, 0.1) is 11.9 Å². The second-order valence-electron chi connectivity index (χ2n) is 9.55. The van der Waals surface area contributed by atoms with Gasteiger partial charge in [-0.05, 0) is 42.3 Å². The molecule has 186 valence electrons. The number of nitrogens with zero attached hydrogens (tertiary/aromatic N) is 6. The molecule has 1 saturated heterocycles. The molecule has 1 fully saturated rings. The number of halogens is 1. The highest BCUT2D eigenvalue weighted by atomic mass is 19.1. The van der Waals surface area contributed by atoms with Gasteiger partial charge in [0.1, 0.15) is 11.6 Å². The molecule has 0 N–H and O–H groups in total. The molecule has 0 aliphatic carbocycles. The summed E-state index contributed by atoms with van der Waals surface area (Å²) in [5.41, 5.74) is 3.62. The van der Waals surface area contributed by atoms with Crippen LogP contribution in [-0.4, -0.2) is 56.1 Å². The molecule has 3 heterocycles. The molecule has 0 radical (unpaired) electrons. The highest BCUT2D eigenvalue weighted by Crippen LogP contribution is 2.27. The van der Waals surface area contributed by atoms with Gasteiger partial charge in [0.25, 0.3) is 0 Å². The fourth-order valence-corrected chi connectivity index (χ4v) is 5.11. The number of aromatic nitrogens is 4. The molecule has 5 aromatic rings. The van der Waals surface area contributed by atoms with Crippen molar-refractivity contribution in [1.82, 2.24) is 24.5 Å². The van der Waals surface area contributed by atoms with E-state index in [2.05, 4.69) is 38.6 Å². The van der Waals surface area contributed by atoms with Crippen molar-refractivity contribution in [3.63, 3.8) is 0 Å². The minimum atomic E-state index is -0.298. The summed E-state index contributed by atoms with van der Waals surface area (Å²) >= 11 is 0. The second-order valence-corrected chi connectivity index (χ2v) is 9.55. The topological polar surface area (TPSA) is 66.6 Å². The number of piperazine rings is 1. The molecular formula is C29H27FN6O. The number of amides is 1. The summed E-state index contributed by atoms with van der Waals surface area (Å²) < 4.78 is 15.3. The van der Waals surface area contributed by atoms with Crippen LogP contribution in [0.3, 0.4) is 0 Å². The van der Waals surface area contributed by atoms with E-state index in [9.17, 15) is 9.18 Å². The van der Waals surface area contributed by atoms with E-state index in [-0.39, 0.29) is 24.2 Å². The Kier molecular flexibility index (Phi) is 6.00. The summed E-state index contributed by atoms with van der Waals surface area (Å²) in [6.07, 6.45) is 0.899. The normalized spacial score (nSPS) is 16.0. The van der Waals surface area contributed by atoms with Crippen molar-refractivity contribution < 1.29 is 9.18 Å². The average molecular weight is 495 g/mol. The molecule has 1 amide bonds. The van der Waals surface area contributed by atoms with E-state index in [0.717, 1.165) is 39.4 Å². The first-order chi connectivity index (χ1) is 18.1. The molecular weight excluding hydrogens is 467 g/mol. The average Bonchev–Trinajstić information content (AvgIpc) is 3.34. The quantitative estimate of drug-likeness (QED) is 0.365. The van der Waals surface area contributed by atoms with Crippen molar-refractivity contribution in [2.45, 2.75) is 25.8 Å². The monoisotopic (exact) mass is 494 g/mol. The Hall–Kier alpha value is -4.33. The third kappa shape index (κ3) is 4.50. The second kappa shape index (κ2) is 9.61. The van der Waals surface area contributed by atoms with Crippen LogP contribution in [0.15, 0.2) is 78.9 Å². The number of rotatable bonds is 5. The number of hydrogen-bond acceptors (Lipinski definition) is 5. The van der Waals surface area contributed by atoms with Crippen LogP contribution in [0, 0.1) is 5.82 Å². The van der Waals surface area contributed by atoms with Crippen LogP contribution in [-0.2, 0) is 17.6 Å². The van der Waals surface area contributed by atoms with E-state index in [1.54, 1.807) is 12.1 Å². The van der Waals surface area contributed by atoms with Crippen molar-refractivity contribution in [3.05, 3.63) is 102 Å². The first-order valence-electron chi connectivity index (χ1n) is 12.5. The number of carbonyl (C=O) groups excluding carboxylic acids is 1. The van der Waals surface area contributed by atoms with Crippen molar-refractivity contribution >= 4 is 28.4 Å². The third-order valence-corrected chi connectivity index (χ3v) is 7.00. The van der Waals surface area contributed by atoms with Gasteiger partial charge in [-0.3, -0.25) is 4.79 Å². The number of anilines is 1. The summed E-state index contributed by atoms with van der Waals surface area (Å²) in [6, 6.07) is 24.3. The Morgan fingerprint density at radius 1 is 0.919 bits per heavy atom. The molecule has 0 spiro atoms. The maximum absolute atomic E-state index is 13.3. The van der Waals surface area contributed by atoms with Crippen LogP contribution in [0.5, 0.6) is 0 Å². The largest absolute Gasteiger partial charge is 0.338 e. The SMILES string of the molecule is C[C@H]1CN(c2nc3ccccc3c3nnc(Cc4ccccc4)n23)CCN1C(=O)Cc1ccc(F)cc1. The number of para-hydroxylation sites is 1. The molecule has 8 heteroatoms. The maximum atomic E-state index is 13.3. The van der Waals surface area contributed by atoms with Crippen molar-refractivity contribution in [2.24, 2.45) is 0 Å². The van der Waals surface area contributed by atoms with Gasteiger partial charge in [0, 0.05) is 37.5 Å². The van der Waals surface area contributed by atoms with Gasteiger partial charge in [-0.2, -0.15) is 0 Å². The van der Waals surface area contributed by atoms with Gasteiger partial charge < -0.3 is 9.80 Å². The van der Waals surface area contributed by atoms with Crippen LogP contribution in [0.25, 0.3) is 16.6 Å². The van der Waals surface area contributed by atoms with E-state index < -0.39 is 0 Å². The zero-order valence-electron chi connectivity index (χ0n) is 20.6. The summed E-state index contributed by atoms with van der Waals surface area (Å²) in [6.45, 7) is 3.92. The van der Waals surface area contributed by atoms with Crippen LogP contribution >= 0.6 is 0 Å². The lowest BCUT2D eigenvalue weighted by Crippen LogP contribution is -2.55. The lowest BCUT2D eigenvalue weighted by Gasteiger charge is -2.40. The lowest BCUT2D eigenvalue weighted by atomic mass is 10.1. The smallest absolute Gasteiger partial charge is 0.227 e. The minimum Gasteiger partial charge on any atom is -0.338 e. The molecule has 0 unspecified atom stereocenters. The van der Waals surface area contributed by atoms with Crippen molar-refractivity contribution in [1.29, 1.82) is 0 Å². The Morgan fingerprint density at radius 2 is 1.68 bits per heavy atom. The zero-order chi connectivity index (χ0) is 25.4. The summed E-state index contributed by atoms with van der Waals surface area (Å²) in [5.74, 6) is 1.37. The van der Waals surface area contributed by atoms with Crippen molar-refractivity contribution in [2.75, 3.05) is 24.5 Å². The number of carbonyl (C=O) groups is 1. The van der Waals surface area contributed by atoms with Gasteiger partial charge in [-0.15, -0.1) is 10.2 Å². The number of benzene rings is 3.